The number of alkyl halides is 3. The number of piperazine rings is 1. The van der Waals surface area contributed by atoms with Crippen LogP contribution in [-0.2, 0) is 11.0 Å². The number of halogens is 3. The maximum absolute atomic E-state index is 13.3. The molecule has 1 atom stereocenters. The SMILES string of the molecule is COc1ccc(-c2nc(C(=O)N3CCN(C(C)=O)CC3)c([C@H](C)N)o2)c2ccc(C(F)(F)F)nc12. The van der Waals surface area contributed by atoms with E-state index >= 15 is 0 Å². The summed E-state index contributed by atoms with van der Waals surface area (Å²) in [5.74, 6) is -0.134. The van der Waals surface area contributed by atoms with E-state index in [0.29, 0.717) is 37.1 Å². The summed E-state index contributed by atoms with van der Waals surface area (Å²) in [5, 5.41) is 0.309. The van der Waals surface area contributed by atoms with Crippen molar-refractivity contribution in [2.75, 3.05) is 33.3 Å². The Kier molecular flexibility index (Phi) is 6.41. The molecule has 0 saturated carbocycles. The van der Waals surface area contributed by atoms with E-state index in [-0.39, 0.29) is 34.5 Å². The molecule has 1 aliphatic rings. The average molecular weight is 491 g/mol. The fraction of sp³-hybridized carbons (Fsp3) is 0.391. The topological polar surface area (TPSA) is 115 Å². The summed E-state index contributed by atoms with van der Waals surface area (Å²) < 4.78 is 50.8. The van der Waals surface area contributed by atoms with E-state index in [9.17, 15) is 22.8 Å². The highest BCUT2D eigenvalue weighted by atomic mass is 19.4. The molecule has 0 radical (unpaired) electrons. The third-order valence-corrected chi connectivity index (χ3v) is 5.84. The number of fused-ring (bicyclic) bond motifs is 1. The van der Waals surface area contributed by atoms with Crippen LogP contribution in [-0.4, -0.2) is 64.9 Å². The number of hydrogen-bond donors (Lipinski definition) is 1. The van der Waals surface area contributed by atoms with Crippen LogP contribution in [0.5, 0.6) is 5.75 Å². The zero-order chi connectivity index (χ0) is 25.5. The first kappa shape index (κ1) is 24.5. The quantitative estimate of drug-likeness (QED) is 0.596. The van der Waals surface area contributed by atoms with Gasteiger partial charge in [0.05, 0.1) is 13.2 Å². The number of pyridine rings is 1. The number of carbonyl (C=O) groups is 2. The van der Waals surface area contributed by atoms with Crippen LogP contribution in [0, 0.1) is 0 Å². The highest BCUT2D eigenvalue weighted by molar-refractivity contribution is 5.98. The molecule has 0 unspecified atom stereocenters. The minimum absolute atomic E-state index is 0.0198. The lowest BCUT2D eigenvalue weighted by molar-refractivity contribution is -0.141. The number of hydrogen-bond acceptors (Lipinski definition) is 7. The first-order chi connectivity index (χ1) is 16.5. The van der Waals surface area contributed by atoms with E-state index in [1.54, 1.807) is 22.8 Å². The Morgan fingerprint density at radius 2 is 1.74 bits per heavy atom. The summed E-state index contributed by atoms with van der Waals surface area (Å²) in [6, 6.07) is 4.49. The predicted molar refractivity (Wildman–Crippen MR) is 120 cm³/mol. The van der Waals surface area contributed by atoms with Crippen molar-refractivity contribution in [3.63, 3.8) is 0 Å². The van der Waals surface area contributed by atoms with Crippen LogP contribution in [0.2, 0.25) is 0 Å². The maximum atomic E-state index is 13.3. The van der Waals surface area contributed by atoms with Gasteiger partial charge in [-0.1, -0.05) is 0 Å². The number of rotatable bonds is 4. The van der Waals surface area contributed by atoms with Gasteiger partial charge in [0.1, 0.15) is 17.0 Å². The molecule has 3 heterocycles. The van der Waals surface area contributed by atoms with Gasteiger partial charge in [0, 0.05) is 44.1 Å². The number of nitrogens with zero attached hydrogens (tertiary/aromatic N) is 4. The zero-order valence-corrected chi connectivity index (χ0v) is 19.3. The Hall–Kier alpha value is -3.67. The van der Waals surface area contributed by atoms with E-state index in [4.69, 9.17) is 14.9 Å². The molecule has 2 aromatic heterocycles. The molecule has 0 bridgehead atoms. The first-order valence-electron chi connectivity index (χ1n) is 10.9. The minimum atomic E-state index is -4.63. The number of benzene rings is 1. The molecule has 12 heteroatoms. The second-order valence-electron chi connectivity index (χ2n) is 8.22. The van der Waals surface area contributed by atoms with Crippen molar-refractivity contribution in [1.82, 2.24) is 19.8 Å². The molecule has 1 saturated heterocycles. The van der Waals surface area contributed by atoms with E-state index in [1.807, 2.05) is 0 Å². The van der Waals surface area contributed by atoms with Crippen molar-refractivity contribution in [2.45, 2.75) is 26.1 Å². The number of nitrogens with two attached hydrogens (primary N) is 1. The summed E-state index contributed by atoms with van der Waals surface area (Å²) in [4.78, 5) is 36.2. The Labute approximate surface area is 198 Å². The van der Waals surface area contributed by atoms with Crippen molar-refractivity contribution >= 4 is 22.7 Å². The standard InChI is InChI=1S/C23H24F3N5O4/c1-12(27)20-19(22(33)31-10-8-30(9-11-31)13(2)32)29-21(35-20)15-4-6-16(34-3)18-14(15)5-7-17(28-18)23(24,25)26/h4-7,12H,8-11,27H2,1-3H3/t12-/m0/s1. The number of amides is 2. The highest BCUT2D eigenvalue weighted by Gasteiger charge is 2.34. The van der Waals surface area contributed by atoms with Crippen molar-refractivity contribution < 1.29 is 31.9 Å². The zero-order valence-electron chi connectivity index (χ0n) is 19.3. The number of oxazole rings is 1. The lowest BCUT2D eigenvalue weighted by Gasteiger charge is -2.33. The second-order valence-corrected chi connectivity index (χ2v) is 8.22. The second kappa shape index (κ2) is 9.17. The van der Waals surface area contributed by atoms with Gasteiger partial charge in [-0.05, 0) is 31.2 Å². The maximum Gasteiger partial charge on any atom is 0.433 e. The molecule has 186 valence electrons. The molecule has 0 aliphatic carbocycles. The molecule has 2 N–H and O–H groups in total. The molecule has 1 aromatic carbocycles. The van der Waals surface area contributed by atoms with Gasteiger partial charge in [0.25, 0.3) is 5.91 Å². The van der Waals surface area contributed by atoms with Crippen molar-refractivity contribution in [3.8, 4) is 17.2 Å². The molecular weight excluding hydrogens is 467 g/mol. The van der Waals surface area contributed by atoms with Crippen LogP contribution < -0.4 is 10.5 Å². The van der Waals surface area contributed by atoms with Crippen LogP contribution in [0.15, 0.2) is 28.7 Å². The molecule has 9 nitrogen and oxygen atoms in total. The van der Waals surface area contributed by atoms with E-state index < -0.39 is 23.8 Å². The molecule has 4 rings (SSSR count). The number of aromatic nitrogens is 2. The van der Waals surface area contributed by atoms with Gasteiger partial charge in [0.15, 0.2) is 11.5 Å². The Morgan fingerprint density at radius 1 is 1.09 bits per heavy atom. The Balaban J connectivity index is 1.76. The van der Waals surface area contributed by atoms with Gasteiger partial charge in [-0.3, -0.25) is 9.59 Å². The predicted octanol–water partition coefficient (Wildman–Crippen LogP) is 3.24. The fourth-order valence-electron chi connectivity index (χ4n) is 3.98. The summed E-state index contributed by atoms with van der Waals surface area (Å²) in [6.45, 7) is 4.56. The Morgan fingerprint density at radius 3 is 2.31 bits per heavy atom. The molecule has 2 amide bonds. The number of ether oxygens (including phenoxy) is 1. The summed E-state index contributed by atoms with van der Waals surface area (Å²) in [7, 11) is 1.33. The lowest BCUT2D eigenvalue weighted by atomic mass is 10.1. The summed E-state index contributed by atoms with van der Waals surface area (Å²) in [6.07, 6.45) is -4.63. The average Bonchev–Trinajstić information content (AvgIpc) is 3.27. The monoisotopic (exact) mass is 491 g/mol. The van der Waals surface area contributed by atoms with Gasteiger partial charge in [0.2, 0.25) is 11.8 Å². The van der Waals surface area contributed by atoms with Crippen LogP contribution >= 0.6 is 0 Å². The van der Waals surface area contributed by atoms with E-state index in [2.05, 4.69) is 9.97 Å². The molecule has 0 spiro atoms. The summed E-state index contributed by atoms with van der Waals surface area (Å²) >= 11 is 0. The minimum Gasteiger partial charge on any atom is -0.494 e. The van der Waals surface area contributed by atoms with E-state index in [1.165, 1.54) is 26.2 Å². The molecule has 1 aliphatic heterocycles. The van der Waals surface area contributed by atoms with E-state index in [0.717, 1.165) is 6.07 Å². The fourth-order valence-corrected chi connectivity index (χ4v) is 3.98. The highest BCUT2D eigenvalue weighted by Crippen LogP contribution is 2.37. The molecule has 1 fully saturated rings. The van der Waals surface area contributed by atoms with Crippen LogP contribution in [0.3, 0.4) is 0 Å². The van der Waals surface area contributed by atoms with Gasteiger partial charge in [-0.2, -0.15) is 13.2 Å². The van der Waals surface area contributed by atoms with Crippen molar-refractivity contribution in [1.29, 1.82) is 0 Å². The molecule has 35 heavy (non-hydrogen) atoms. The largest absolute Gasteiger partial charge is 0.494 e. The molecule has 3 aromatic rings. The van der Waals surface area contributed by atoms with Crippen LogP contribution in [0.1, 0.15) is 41.8 Å². The normalized spacial score (nSPS) is 15.4. The van der Waals surface area contributed by atoms with Crippen molar-refractivity contribution in [3.05, 3.63) is 41.4 Å². The molecular formula is C23H24F3N5O4. The number of methoxy groups -OCH3 is 1. The van der Waals surface area contributed by atoms with Crippen molar-refractivity contribution in [2.24, 2.45) is 5.73 Å². The lowest BCUT2D eigenvalue weighted by Crippen LogP contribution is -2.50. The van der Waals surface area contributed by atoms with Crippen LogP contribution in [0.4, 0.5) is 13.2 Å². The van der Waals surface area contributed by atoms with Crippen LogP contribution in [0.25, 0.3) is 22.4 Å². The number of carbonyl (C=O) groups excluding carboxylic acids is 2. The van der Waals surface area contributed by atoms with Gasteiger partial charge >= 0.3 is 6.18 Å². The smallest absolute Gasteiger partial charge is 0.433 e. The van der Waals surface area contributed by atoms with Gasteiger partial charge in [-0.15, -0.1) is 0 Å². The first-order valence-corrected chi connectivity index (χ1v) is 10.9. The third kappa shape index (κ3) is 4.65. The summed E-state index contributed by atoms with van der Waals surface area (Å²) in [5.41, 5.74) is 5.32. The Bertz CT molecular complexity index is 1280. The van der Waals surface area contributed by atoms with Gasteiger partial charge < -0.3 is 24.7 Å². The van der Waals surface area contributed by atoms with Gasteiger partial charge in [-0.25, -0.2) is 9.97 Å². The third-order valence-electron chi connectivity index (χ3n) is 5.84.